The van der Waals surface area contributed by atoms with E-state index >= 15 is 0 Å². The number of fused-ring (bicyclic) bond motifs is 5. The van der Waals surface area contributed by atoms with E-state index in [1.54, 1.807) is 6.20 Å². The van der Waals surface area contributed by atoms with Crippen molar-refractivity contribution < 1.29 is 0 Å². The van der Waals surface area contributed by atoms with Gasteiger partial charge in [-0.1, -0.05) is 12.2 Å². The van der Waals surface area contributed by atoms with Gasteiger partial charge in [-0.05, 0) is 80.5 Å². The van der Waals surface area contributed by atoms with Crippen molar-refractivity contribution in [3.8, 4) is 0 Å². The molecule has 4 nitrogen and oxygen atoms in total. The van der Waals surface area contributed by atoms with E-state index in [0.29, 0.717) is 5.92 Å². The van der Waals surface area contributed by atoms with Crippen molar-refractivity contribution in [1.82, 2.24) is 15.0 Å². The van der Waals surface area contributed by atoms with Crippen LogP contribution in [0.3, 0.4) is 0 Å². The van der Waals surface area contributed by atoms with Crippen LogP contribution < -0.4 is 0 Å². The average molecular weight is 366 g/mol. The van der Waals surface area contributed by atoms with Crippen LogP contribution in [0.15, 0.2) is 71.6 Å². The highest BCUT2D eigenvalue weighted by molar-refractivity contribution is 6.04. The fourth-order valence-corrected chi connectivity index (χ4v) is 4.02. The minimum Gasteiger partial charge on any atom is -0.257 e. The molecular formula is C24H22N4. The summed E-state index contributed by atoms with van der Waals surface area (Å²) in [7, 11) is 0. The number of aryl methyl sites for hydroxylation is 1. The molecule has 1 atom stereocenters. The fourth-order valence-electron chi connectivity index (χ4n) is 4.02. The summed E-state index contributed by atoms with van der Waals surface area (Å²) < 4.78 is 0. The Kier molecular flexibility index (Phi) is 4.53. The number of pyridine rings is 3. The summed E-state index contributed by atoms with van der Waals surface area (Å²) in [6.07, 6.45) is 15.4. The molecule has 0 amide bonds. The molecule has 0 fully saturated rings. The lowest BCUT2D eigenvalue weighted by Crippen LogP contribution is -2.15. The summed E-state index contributed by atoms with van der Waals surface area (Å²) in [5.74, 6) is 0.546. The summed E-state index contributed by atoms with van der Waals surface area (Å²) in [6, 6.07) is 12.4. The molecule has 0 radical (unpaired) electrons. The smallest absolute Gasteiger partial charge is 0.159 e. The summed E-state index contributed by atoms with van der Waals surface area (Å²) >= 11 is 0. The highest BCUT2D eigenvalue weighted by atomic mass is 14.8. The number of hydrogen-bond donors (Lipinski definition) is 0. The molecule has 0 spiro atoms. The minimum atomic E-state index is 0.546. The van der Waals surface area contributed by atoms with Gasteiger partial charge in [-0.15, -0.1) is 0 Å². The van der Waals surface area contributed by atoms with Crippen molar-refractivity contribution in [2.75, 3.05) is 0 Å². The van der Waals surface area contributed by atoms with Gasteiger partial charge in [0.1, 0.15) is 0 Å². The zero-order chi connectivity index (χ0) is 18.8. The molecular weight excluding hydrogens is 344 g/mol. The normalized spacial score (nSPS) is 19.6. The van der Waals surface area contributed by atoms with E-state index in [1.165, 1.54) is 17.0 Å². The quantitative estimate of drug-likeness (QED) is 0.643. The number of allylic oxidation sites excluding steroid dienone is 3. The lowest BCUT2D eigenvalue weighted by molar-refractivity contribution is 0.605. The third-order valence-electron chi connectivity index (χ3n) is 5.45. The Morgan fingerprint density at radius 2 is 1.89 bits per heavy atom. The third kappa shape index (κ3) is 3.50. The molecule has 3 aromatic heterocycles. The SMILES string of the molecule is C1=C(CCc2ccc3cccnc3n2)N=C2CC1CC/C=C\c1ncccc12. The number of aliphatic imine (C=N–C) groups is 1. The van der Waals surface area contributed by atoms with Gasteiger partial charge in [0, 0.05) is 34.7 Å². The van der Waals surface area contributed by atoms with Crippen molar-refractivity contribution >= 4 is 22.8 Å². The van der Waals surface area contributed by atoms with Gasteiger partial charge in [0.25, 0.3) is 0 Å². The van der Waals surface area contributed by atoms with E-state index in [1.807, 2.05) is 24.4 Å². The van der Waals surface area contributed by atoms with Gasteiger partial charge in [0.2, 0.25) is 0 Å². The average Bonchev–Trinajstić information content (AvgIpc) is 2.80. The third-order valence-corrected chi connectivity index (χ3v) is 5.45. The van der Waals surface area contributed by atoms with Crippen LogP contribution in [0.1, 0.15) is 42.6 Å². The topological polar surface area (TPSA) is 51.0 Å². The van der Waals surface area contributed by atoms with Crippen LogP contribution in [0.4, 0.5) is 0 Å². The van der Waals surface area contributed by atoms with Crippen molar-refractivity contribution in [3.63, 3.8) is 0 Å². The van der Waals surface area contributed by atoms with E-state index in [4.69, 9.17) is 9.98 Å². The van der Waals surface area contributed by atoms with Crippen LogP contribution in [0, 0.1) is 5.92 Å². The van der Waals surface area contributed by atoms with Crippen LogP contribution in [0.2, 0.25) is 0 Å². The lowest BCUT2D eigenvalue weighted by atomic mass is 9.90. The highest BCUT2D eigenvalue weighted by Crippen LogP contribution is 2.29. The first-order valence-electron chi connectivity index (χ1n) is 9.96. The van der Waals surface area contributed by atoms with Crippen molar-refractivity contribution in [2.45, 2.75) is 32.1 Å². The number of nitrogens with zero attached hydrogens (tertiary/aromatic N) is 4. The fraction of sp³-hybridized carbons (Fsp3) is 0.250. The summed E-state index contributed by atoms with van der Waals surface area (Å²) in [6.45, 7) is 0. The van der Waals surface area contributed by atoms with Crippen LogP contribution in [0.25, 0.3) is 17.1 Å². The number of aromatic nitrogens is 3. The van der Waals surface area contributed by atoms with Gasteiger partial charge in [0.15, 0.2) is 5.65 Å². The molecule has 0 aromatic carbocycles. The van der Waals surface area contributed by atoms with Gasteiger partial charge in [0.05, 0.1) is 11.4 Å². The molecule has 1 unspecified atom stereocenters. The molecule has 138 valence electrons. The molecule has 3 aromatic rings. The largest absolute Gasteiger partial charge is 0.257 e. The molecule has 0 saturated heterocycles. The Bertz CT molecular complexity index is 1110. The monoisotopic (exact) mass is 366 g/mol. The van der Waals surface area contributed by atoms with Gasteiger partial charge in [-0.3, -0.25) is 9.98 Å². The zero-order valence-corrected chi connectivity index (χ0v) is 15.8. The highest BCUT2D eigenvalue weighted by Gasteiger charge is 2.20. The molecule has 2 bridgehead atoms. The zero-order valence-electron chi connectivity index (χ0n) is 15.8. The second-order valence-corrected chi connectivity index (χ2v) is 7.45. The van der Waals surface area contributed by atoms with Gasteiger partial charge < -0.3 is 0 Å². The van der Waals surface area contributed by atoms with Gasteiger partial charge in [-0.25, -0.2) is 9.97 Å². The summed E-state index contributed by atoms with van der Waals surface area (Å²) in [5, 5.41) is 1.08. The molecule has 1 aliphatic carbocycles. The maximum absolute atomic E-state index is 5.02. The standard InChI is InChI=1S/C24H22N4/c1-2-8-22-21(7-4-13-25-22)23-16-17(5-1)15-20(27-23)12-11-19-10-9-18-6-3-14-26-24(18)28-19/h2-4,6-10,13-15,17H,1,5,11-12,16H2/b8-2-. The Labute approximate surface area is 164 Å². The Hall–Kier alpha value is -3.14. The second-order valence-electron chi connectivity index (χ2n) is 7.45. The van der Waals surface area contributed by atoms with Crippen LogP contribution in [0.5, 0.6) is 0 Å². The molecule has 1 aliphatic heterocycles. The van der Waals surface area contributed by atoms with Gasteiger partial charge >= 0.3 is 0 Å². The minimum absolute atomic E-state index is 0.546. The Balaban J connectivity index is 1.41. The van der Waals surface area contributed by atoms with E-state index in [-0.39, 0.29) is 0 Å². The van der Waals surface area contributed by atoms with Gasteiger partial charge in [-0.2, -0.15) is 0 Å². The van der Waals surface area contributed by atoms with E-state index < -0.39 is 0 Å². The predicted octanol–water partition coefficient (Wildman–Crippen LogP) is 5.16. The molecule has 28 heavy (non-hydrogen) atoms. The molecule has 4 heterocycles. The van der Waals surface area contributed by atoms with E-state index in [2.05, 4.69) is 46.4 Å². The maximum Gasteiger partial charge on any atom is 0.159 e. The molecule has 5 rings (SSSR count). The maximum atomic E-state index is 5.02. The van der Waals surface area contributed by atoms with Crippen LogP contribution >= 0.6 is 0 Å². The van der Waals surface area contributed by atoms with E-state index in [0.717, 1.165) is 54.5 Å². The molecule has 2 aliphatic rings. The molecule has 4 heteroatoms. The van der Waals surface area contributed by atoms with Crippen LogP contribution in [-0.2, 0) is 6.42 Å². The van der Waals surface area contributed by atoms with Crippen molar-refractivity contribution in [2.24, 2.45) is 10.9 Å². The first-order chi connectivity index (χ1) is 13.8. The van der Waals surface area contributed by atoms with Crippen molar-refractivity contribution in [3.05, 3.63) is 83.6 Å². The van der Waals surface area contributed by atoms with Crippen LogP contribution in [-0.4, -0.2) is 20.7 Å². The van der Waals surface area contributed by atoms with E-state index in [9.17, 15) is 0 Å². The number of hydrogen-bond acceptors (Lipinski definition) is 4. The first kappa shape index (κ1) is 17.0. The predicted molar refractivity (Wildman–Crippen MR) is 113 cm³/mol. The Morgan fingerprint density at radius 3 is 2.89 bits per heavy atom. The second kappa shape index (κ2) is 7.47. The molecule has 0 N–H and O–H groups in total. The first-order valence-corrected chi connectivity index (χ1v) is 9.96. The number of rotatable bonds is 3. The Morgan fingerprint density at radius 1 is 0.964 bits per heavy atom. The summed E-state index contributed by atoms with van der Waals surface area (Å²) in [4.78, 5) is 18.7. The molecule has 0 saturated carbocycles. The van der Waals surface area contributed by atoms with Crippen molar-refractivity contribution in [1.29, 1.82) is 0 Å². The lowest BCUT2D eigenvalue weighted by Gasteiger charge is -2.21. The summed E-state index contributed by atoms with van der Waals surface area (Å²) in [5.41, 5.74) is 6.43.